The Hall–Kier alpha value is 0.100. The van der Waals surface area contributed by atoms with Gasteiger partial charge in [0.15, 0.2) is 0 Å². The van der Waals surface area contributed by atoms with E-state index in [-0.39, 0.29) is 40.2 Å². The zero-order valence-electron chi connectivity index (χ0n) is 5.87. The summed E-state index contributed by atoms with van der Waals surface area (Å²) < 4.78 is 0.731. The molecule has 1 rings (SSSR count). The van der Waals surface area contributed by atoms with Crippen molar-refractivity contribution in [1.82, 2.24) is 0 Å². The van der Waals surface area contributed by atoms with Gasteiger partial charge in [0, 0.05) is 16.1 Å². The summed E-state index contributed by atoms with van der Waals surface area (Å²) in [5.41, 5.74) is 0.831. The van der Waals surface area contributed by atoms with Crippen LogP contribution in [0.5, 0.6) is 0 Å². The van der Waals surface area contributed by atoms with Gasteiger partial charge in [0.25, 0.3) is 5.69 Å². The first-order chi connectivity index (χ1) is 5.11. The number of nitro groups is 1. The topological polar surface area (TPSA) is 43.1 Å². The van der Waals surface area contributed by atoms with Crippen LogP contribution in [0.2, 0.25) is 0 Å². The molecule has 0 saturated heterocycles. The van der Waals surface area contributed by atoms with Crippen molar-refractivity contribution >= 4 is 51.2 Å². The Balaban J connectivity index is 0.00000121. The standard InChI is InChI=1S/C7H6BrNO2.Na.H/c1-5-2-3-6(8)4-7(5)9(10)11;;/h2-4H,1H3;;. The Labute approximate surface area is 101 Å². The minimum atomic E-state index is -0.389. The molecule has 12 heavy (non-hydrogen) atoms. The Morgan fingerprint density at radius 3 is 2.50 bits per heavy atom. The van der Waals surface area contributed by atoms with Gasteiger partial charge in [-0.15, -0.1) is 0 Å². The summed E-state index contributed by atoms with van der Waals surface area (Å²) in [5, 5.41) is 10.4. The third-order valence-electron chi connectivity index (χ3n) is 1.37. The van der Waals surface area contributed by atoms with Crippen molar-refractivity contribution in [1.29, 1.82) is 0 Å². The molecule has 1 aromatic rings. The zero-order chi connectivity index (χ0) is 8.43. The molecule has 0 bridgehead atoms. The minimum absolute atomic E-state index is 0. The van der Waals surface area contributed by atoms with Crippen LogP contribution in [0.15, 0.2) is 22.7 Å². The van der Waals surface area contributed by atoms with Gasteiger partial charge in [-0.05, 0) is 13.0 Å². The van der Waals surface area contributed by atoms with Gasteiger partial charge in [0.1, 0.15) is 0 Å². The first-order valence-corrected chi connectivity index (χ1v) is 3.81. The number of hydrogen-bond donors (Lipinski definition) is 0. The van der Waals surface area contributed by atoms with E-state index >= 15 is 0 Å². The van der Waals surface area contributed by atoms with Gasteiger partial charge in [-0.25, -0.2) is 0 Å². The van der Waals surface area contributed by atoms with Gasteiger partial charge in [-0.3, -0.25) is 10.1 Å². The van der Waals surface area contributed by atoms with E-state index in [0.717, 1.165) is 4.47 Å². The van der Waals surface area contributed by atoms with E-state index in [4.69, 9.17) is 0 Å². The van der Waals surface area contributed by atoms with Crippen LogP contribution in [0.3, 0.4) is 0 Å². The average molecular weight is 240 g/mol. The van der Waals surface area contributed by atoms with Gasteiger partial charge in [0.2, 0.25) is 0 Å². The van der Waals surface area contributed by atoms with Crippen LogP contribution in [0.1, 0.15) is 5.56 Å². The molecule has 0 radical (unpaired) electrons. The van der Waals surface area contributed by atoms with E-state index in [1.54, 1.807) is 19.1 Å². The monoisotopic (exact) mass is 239 g/mol. The molecule has 5 heteroatoms. The molecule has 1 aromatic carbocycles. The van der Waals surface area contributed by atoms with E-state index in [1.807, 2.05) is 0 Å². The third kappa shape index (κ3) is 2.86. The number of aryl methyl sites for hydroxylation is 1. The van der Waals surface area contributed by atoms with Crippen LogP contribution in [-0.4, -0.2) is 34.5 Å². The summed E-state index contributed by atoms with van der Waals surface area (Å²) in [6.07, 6.45) is 0. The number of nitro benzene ring substituents is 1. The third-order valence-corrected chi connectivity index (χ3v) is 1.86. The maximum absolute atomic E-state index is 10.4. The molecule has 0 unspecified atom stereocenters. The van der Waals surface area contributed by atoms with Crippen molar-refractivity contribution in [3.63, 3.8) is 0 Å². The number of benzene rings is 1. The van der Waals surface area contributed by atoms with Crippen molar-refractivity contribution in [2.24, 2.45) is 0 Å². The number of hydrogen-bond acceptors (Lipinski definition) is 2. The number of rotatable bonds is 1. The van der Waals surface area contributed by atoms with E-state index in [2.05, 4.69) is 15.9 Å². The van der Waals surface area contributed by atoms with Crippen LogP contribution in [0.4, 0.5) is 5.69 Å². The van der Waals surface area contributed by atoms with E-state index < -0.39 is 0 Å². The Bertz CT molecular complexity index is 303. The van der Waals surface area contributed by atoms with Crippen molar-refractivity contribution < 1.29 is 4.92 Å². The summed E-state index contributed by atoms with van der Waals surface area (Å²) in [5.74, 6) is 0. The van der Waals surface area contributed by atoms with Crippen LogP contribution >= 0.6 is 15.9 Å². The molecular weight excluding hydrogens is 233 g/mol. The molecule has 3 nitrogen and oxygen atoms in total. The maximum atomic E-state index is 10.4. The van der Waals surface area contributed by atoms with Gasteiger partial charge in [-0.2, -0.15) is 0 Å². The van der Waals surface area contributed by atoms with Crippen LogP contribution in [0, 0.1) is 17.0 Å². The molecule has 0 N–H and O–H groups in total. The second-order valence-electron chi connectivity index (χ2n) is 2.19. The molecule has 0 spiro atoms. The summed E-state index contributed by atoms with van der Waals surface area (Å²) in [6.45, 7) is 1.71. The fourth-order valence-electron chi connectivity index (χ4n) is 0.779. The summed E-state index contributed by atoms with van der Waals surface area (Å²) in [7, 11) is 0. The molecule has 0 saturated carbocycles. The molecule has 0 fully saturated rings. The second-order valence-corrected chi connectivity index (χ2v) is 3.10. The number of halogens is 1. The fourth-order valence-corrected chi connectivity index (χ4v) is 1.13. The molecule has 0 aromatic heterocycles. The van der Waals surface area contributed by atoms with Gasteiger partial charge >= 0.3 is 29.6 Å². The molecule has 0 amide bonds. The van der Waals surface area contributed by atoms with E-state index in [0.29, 0.717) is 5.56 Å². The zero-order valence-corrected chi connectivity index (χ0v) is 7.46. The SMILES string of the molecule is Cc1ccc(Br)cc1[N+](=O)[O-].[NaH]. The van der Waals surface area contributed by atoms with Crippen molar-refractivity contribution in [2.75, 3.05) is 0 Å². The molecule has 0 aliphatic rings. The molecule has 0 aliphatic heterocycles. The molecule has 0 heterocycles. The quantitative estimate of drug-likeness (QED) is 0.428. The van der Waals surface area contributed by atoms with Gasteiger partial charge in [-0.1, -0.05) is 22.0 Å². The number of nitrogens with zero attached hydrogens (tertiary/aromatic N) is 1. The first-order valence-electron chi connectivity index (χ1n) is 3.02. The predicted molar refractivity (Wildman–Crippen MR) is 52.7 cm³/mol. The molecule has 60 valence electrons. The van der Waals surface area contributed by atoms with Gasteiger partial charge < -0.3 is 0 Å². The summed E-state index contributed by atoms with van der Waals surface area (Å²) in [4.78, 5) is 9.97. The first kappa shape index (κ1) is 12.1. The van der Waals surface area contributed by atoms with Crippen LogP contribution in [-0.2, 0) is 0 Å². The van der Waals surface area contributed by atoms with Crippen molar-refractivity contribution in [2.45, 2.75) is 6.92 Å². The second kappa shape index (κ2) is 4.97. The molecule has 0 atom stereocenters. The average Bonchev–Trinajstić information content (AvgIpc) is 1.94. The Morgan fingerprint density at radius 2 is 2.08 bits per heavy atom. The van der Waals surface area contributed by atoms with Crippen molar-refractivity contribution in [3.8, 4) is 0 Å². The normalized spacial score (nSPS) is 8.83. The van der Waals surface area contributed by atoms with Crippen LogP contribution in [0.25, 0.3) is 0 Å². The van der Waals surface area contributed by atoms with Crippen LogP contribution < -0.4 is 0 Å². The molecular formula is C7H7BrNNaO2. The van der Waals surface area contributed by atoms with E-state index in [1.165, 1.54) is 6.07 Å². The van der Waals surface area contributed by atoms with E-state index in [9.17, 15) is 10.1 Å². The summed E-state index contributed by atoms with van der Waals surface area (Å²) in [6, 6.07) is 4.99. The van der Waals surface area contributed by atoms with Crippen molar-refractivity contribution in [3.05, 3.63) is 38.3 Å². The Kier molecular flexibility index (Phi) is 5.01. The van der Waals surface area contributed by atoms with Gasteiger partial charge in [0.05, 0.1) is 4.92 Å². The molecule has 0 aliphatic carbocycles. The summed E-state index contributed by atoms with van der Waals surface area (Å²) >= 11 is 3.16. The predicted octanol–water partition coefficient (Wildman–Crippen LogP) is 2.02. The Morgan fingerprint density at radius 1 is 1.50 bits per heavy atom. The fraction of sp³-hybridized carbons (Fsp3) is 0.143.